The first-order valence-corrected chi connectivity index (χ1v) is 15.2. The van der Waals surface area contributed by atoms with Gasteiger partial charge in [-0.1, -0.05) is 48.5 Å². The zero-order valence-corrected chi connectivity index (χ0v) is 24.5. The minimum atomic E-state index is -4.34. The van der Waals surface area contributed by atoms with Crippen molar-refractivity contribution in [1.29, 1.82) is 0 Å². The maximum atomic E-state index is 13.8. The third-order valence-corrected chi connectivity index (χ3v) is 8.64. The fourth-order valence-corrected chi connectivity index (χ4v) is 6.19. The molecule has 6 atom stereocenters. The average molecular weight is 635 g/mol. The Morgan fingerprint density at radius 1 is 1.21 bits per heavy atom. The molecule has 16 heteroatoms. The largest absolute Gasteiger partial charge is 0.460 e. The van der Waals surface area contributed by atoms with E-state index in [1.807, 2.05) is 6.07 Å². The number of aliphatic hydroxyl groups excluding tert-OH is 1. The Bertz CT molecular complexity index is 1600. The molecule has 13 nitrogen and oxygen atoms in total. The van der Waals surface area contributed by atoms with Gasteiger partial charge < -0.3 is 24.7 Å². The predicted molar refractivity (Wildman–Crippen MR) is 153 cm³/mol. The Morgan fingerprint density at radius 2 is 1.91 bits per heavy atom. The average Bonchev–Trinajstić information content (AvgIpc) is 3.68. The highest BCUT2D eigenvalue weighted by molar-refractivity contribution is 7.52. The van der Waals surface area contributed by atoms with E-state index in [1.54, 1.807) is 47.0 Å². The summed E-state index contributed by atoms with van der Waals surface area (Å²) in [6, 6.07) is 15.6. The predicted octanol–water partition coefficient (Wildman–Crippen LogP) is 4.18. The Morgan fingerprint density at radius 3 is 2.60 bits per heavy atom. The van der Waals surface area contributed by atoms with Crippen molar-refractivity contribution in [2.75, 3.05) is 12.3 Å². The molecule has 1 saturated carbocycles. The monoisotopic (exact) mass is 634 g/mol. The number of anilines is 1. The van der Waals surface area contributed by atoms with Gasteiger partial charge in [-0.15, -0.1) is 0 Å². The highest BCUT2D eigenvalue weighted by Gasteiger charge is 2.49. The molecule has 2 heterocycles. The van der Waals surface area contributed by atoms with E-state index in [2.05, 4.69) is 25.0 Å². The van der Waals surface area contributed by atoms with Crippen molar-refractivity contribution in [3.05, 3.63) is 77.8 Å². The van der Waals surface area contributed by atoms with Crippen molar-refractivity contribution in [2.24, 2.45) is 5.92 Å². The molecule has 0 bridgehead atoms. The number of aromatic nitrogens is 4. The summed E-state index contributed by atoms with van der Waals surface area (Å²) in [6.45, 7) is 0.734. The zero-order valence-electron chi connectivity index (χ0n) is 22.8. The number of imidazole rings is 1. The molecular weight excluding hydrogens is 606 g/mol. The summed E-state index contributed by atoms with van der Waals surface area (Å²) in [5, 5.41) is 13.4. The maximum absolute atomic E-state index is 13.8. The molecule has 2 aromatic heterocycles. The van der Waals surface area contributed by atoms with E-state index in [1.165, 1.54) is 25.4 Å². The Balaban J connectivity index is 1.24. The third-order valence-electron chi connectivity index (χ3n) is 6.82. The van der Waals surface area contributed by atoms with Crippen LogP contribution in [0.5, 0.6) is 5.75 Å². The molecular formula is C27H29ClFN6O7P. The van der Waals surface area contributed by atoms with Gasteiger partial charge in [-0.25, -0.2) is 9.55 Å². The van der Waals surface area contributed by atoms with E-state index in [0.29, 0.717) is 17.6 Å². The van der Waals surface area contributed by atoms with Crippen molar-refractivity contribution in [2.45, 2.75) is 44.2 Å². The number of nitrogens with zero attached hydrogens (tertiary/aromatic N) is 4. The highest BCUT2D eigenvalue weighted by atomic mass is 35.5. The van der Waals surface area contributed by atoms with E-state index < -0.39 is 44.5 Å². The quantitative estimate of drug-likeness (QED) is 0.103. The molecule has 0 saturated heterocycles. The van der Waals surface area contributed by atoms with Crippen LogP contribution in [0.4, 0.5) is 10.3 Å². The molecule has 228 valence electrons. The molecule has 2 aromatic carbocycles. The molecule has 0 amide bonds. The fraction of sp³-hybridized carbons (Fsp3) is 0.333. The second kappa shape index (κ2) is 13.3. The van der Waals surface area contributed by atoms with Gasteiger partial charge in [-0.05, 0) is 47.2 Å². The number of carbonyl (C=O) groups excluding carboxylic acids is 1. The lowest BCUT2D eigenvalue weighted by atomic mass is 10.1. The smallest absolute Gasteiger partial charge is 0.459 e. The van der Waals surface area contributed by atoms with Crippen LogP contribution in [0, 0.1) is 5.92 Å². The number of nitrogen functional groups attached to an aromatic ring is 1. The highest BCUT2D eigenvalue weighted by Crippen LogP contribution is 2.49. The number of benzene rings is 2. The number of esters is 1. The van der Waals surface area contributed by atoms with Gasteiger partial charge in [0.1, 0.15) is 30.0 Å². The van der Waals surface area contributed by atoms with Gasteiger partial charge in [0.15, 0.2) is 11.5 Å². The number of fused-ring (bicyclic) bond motifs is 1. The van der Waals surface area contributed by atoms with E-state index in [-0.39, 0.29) is 29.5 Å². The van der Waals surface area contributed by atoms with Gasteiger partial charge in [0.2, 0.25) is 5.28 Å². The first-order valence-electron chi connectivity index (χ1n) is 13.3. The number of rotatable bonds is 14. The summed E-state index contributed by atoms with van der Waals surface area (Å²) in [6.07, 6.45) is -1.03. The lowest BCUT2D eigenvalue weighted by Crippen LogP contribution is -2.38. The molecule has 4 unspecified atom stereocenters. The lowest BCUT2D eigenvalue weighted by Gasteiger charge is -2.25. The molecule has 0 radical (unpaired) electrons. The van der Waals surface area contributed by atoms with E-state index in [4.69, 9.17) is 31.1 Å². The summed E-state index contributed by atoms with van der Waals surface area (Å²) in [5.74, 6) is -0.952. The third kappa shape index (κ3) is 7.47. The number of carbonyl (C=O) groups is 1. The molecule has 1 fully saturated rings. The van der Waals surface area contributed by atoms with Gasteiger partial charge >= 0.3 is 13.7 Å². The van der Waals surface area contributed by atoms with Crippen LogP contribution in [0.3, 0.4) is 0 Å². The molecule has 4 aromatic rings. The standard InChI is InChI=1S/C27H29ClFN6O7P/c1-16(26(37)39-13-17-8-4-2-5-9-17)34-43(38,42-18-10-6-3-7-11-18)40-14-21(41-29)23(36)19-12-20(19)35-15-31-22-24(30)32-27(28)33-25(22)35/h2-11,15-16,19-21,23,36H,12-14H2,1H3,(H,34,38)(H2,30,32,33)/t16-,19+,20?,21?,23?,43?/m0/s1. The maximum Gasteiger partial charge on any atom is 0.459 e. The number of para-hydroxylation sites is 1. The molecule has 1 aliphatic carbocycles. The van der Waals surface area contributed by atoms with E-state index in [0.717, 1.165) is 5.56 Å². The van der Waals surface area contributed by atoms with Crippen molar-refractivity contribution in [3.63, 3.8) is 0 Å². The molecule has 0 spiro atoms. The summed E-state index contributed by atoms with van der Waals surface area (Å²) >= 11 is 5.94. The summed E-state index contributed by atoms with van der Waals surface area (Å²) < 4.78 is 45.6. The molecule has 0 aliphatic heterocycles. The topological polar surface area (TPSA) is 173 Å². The van der Waals surface area contributed by atoms with Crippen molar-refractivity contribution >= 4 is 42.3 Å². The summed E-state index contributed by atoms with van der Waals surface area (Å²) in [5.41, 5.74) is 7.34. The van der Waals surface area contributed by atoms with Gasteiger partial charge in [0.05, 0.1) is 19.0 Å². The van der Waals surface area contributed by atoms with Crippen molar-refractivity contribution in [1.82, 2.24) is 24.6 Å². The SMILES string of the molecule is C[C@H](NP(=O)(OCC(OF)C(O)[C@@H]1CC1n1cnc2c(N)nc(Cl)nc21)Oc1ccccc1)C(=O)OCc1ccccc1. The zero-order chi connectivity index (χ0) is 30.6. The first kappa shape index (κ1) is 30.8. The number of nitrogens with two attached hydrogens (primary N) is 1. The van der Waals surface area contributed by atoms with Crippen LogP contribution >= 0.6 is 19.3 Å². The second-order valence-corrected chi connectivity index (χ2v) is 12.0. The summed E-state index contributed by atoms with van der Waals surface area (Å²) in [7, 11) is -4.34. The van der Waals surface area contributed by atoms with E-state index >= 15 is 0 Å². The van der Waals surface area contributed by atoms with Crippen LogP contribution in [0.1, 0.15) is 24.9 Å². The van der Waals surface area contributed by atoms with Gasteiger partial charge in [-0.3, -0.25) is 9.32 Å². The Kier molecular flexibility index (Phi) is 9.55. The normalized spacial score (nSPS) is 19.7. The minimum Gasteiger partial charge on any atom is -0.460 e. The van der Waals surface area contributed by atoms with Crippen LogP contribution in [0.25, 0.3) is 11.2 Å². The lowest BCUT2D eigenvalue weighted by molar-refractivity contribution is -0.220. The molecule has 4 N–H and O–H groups in total. The van der Waals surface area contributed by atoms with Crippen LogP contribution in [-0.4, -0.2) is 55.5 Å². The number of nitrogens with one attached hydrogen (secondary N) is 1. The fourth-order valence-electron chi connectivity index (χ4n) is 4.52. The molecule has 1 aliphatic rings. The van der Waals surface area contributed by atoms with Gasteiger partial charge in [0, 0.05) is 12.0 Å². The number of halogens is 2. The number of hydrogen-bond donors (Lipinski definition) is 3. The number of ether oxygens (including phenoxy) is 1. The van der Waals surface area contributed by atoms with Crippen molar-refractivity contribution in [3.8, 4) is 5.75 Å². The van der Waals surface area contributed by atoms with Crippen LogP contribution in [0.15, 0.2) is 67.0 Å². The first-order chi connectivity index (χ1) is 20.7. The Labute approximate surface area is 250 Å². The van der Waals surface area contributed by atoms with Gasteiger partial charge in [0.25, 0.3) is 0 Å². The minimum absolute atomic E-state index is 0.0000610. The number of aliphatic hydroxyl groups is 1. The van der Waals surface area contributed by atoms with Crippen LogP contribution < -0.4 is 15.3 Å². The number of hydrogen-bond acceptors (Lipinski definition) is 11. The molecule has 5 rings (SSSR count). The van der Waals surface area contributed by atoms with E-state index in [9.17, 15) is 19.0 Å². The second-order valence-electron chi connectivity index (χ2n) is 9.93. The van der Waals surface area contributed by atoms with Crippen molar-refractivity contribution < 1.29 is 37.7 Å². The Hall–Kier alpha value is -3.65. The summed E-state index contributed by atoms with van der Waals surface area (Å²) in [4.78, 5) is 28.9. The van der Waals surface area contributed by atoms with Crippen LogP contribution in [-0.2, 0) is 30.2 Å². The van der Waals surface area contributed by atoms with Gasteiger partial charge in [-0.2, -0.15) is 20.0 Å². The molecule has 43 heavy (non-hydrogen) atoms. The van der Waals surface area contributed by atoms with Crippen LogP contribution in [0.2, 0.25) is 5.28 Å².